The van der Waals surface area contributed by atoms with E-state index in [4.69, 9.17) is 0 Å². The molecule has 11 nitrogen and oxygen atoms in total. The predicted octanol–water partition coefficient (Wildman–Crippen LogP) is 2.23. The molecule has 214 valence electrons. The number of nitrogens with one attached hydrogen (secondary N) is 4. The zero-order valence-electron chi connectivity index (χ0n) is 24.0. The number of unbranched alkanes of at least 4 members (excludes halogenated alkanes) is 1. The molecule has 1 aromatic heterocycles. The summed E-state index contributed by atoms with van der Waals surface area (Å²) in [6.45, 7) is 3.85. The molecule has 2 aromatic rings. The number of rotatable bonds is 14. The van der Waals surface area contributed by atoms with E-state index in [1.807, 2.05) is 12.1 Å². The van der Waals surface area contributed by atoms with Gasteiger partial charge in [-0.05, 0) is 44.2 Å². The Hall–Kier alpha value is -4.43. The van der Waals surface area contributed by atoms with Crippen LogP contribution >= 0.6 is 0 Å². The van der Waals surface area contributed by atoms with Gasteiger partial charge < -0.3 is 31.1 Å². The fourth-order valence-corrected chi connectivity index (χ4v) is 3.31. The third kappa shape index (κ3) is 11.1. The van der Waals surface area contributed by atoms with Gasteiger partial charge in [0, 0.05) is 64.5 Å². The molecule has 0 unspecified atom stereocenters. The van der Waals surface area contributed by atoms with E-state index >= 15 is 0 Å². The summed E-state index contributed by atoms with van der Waals surface area (Å²) in [7, 11) is 6.81. The molecule has 0 saturated heterocycles. The molecule has 2 rings (SSSR count). The van der Waals surface area contributed by atoms with Crippen molar-refractivity contribution in [3.63, 3.8) is 0 Å². The Kier molecular flexibility index (Phi) is 13.7. The van der Waals surface area contributed by atoms with Crippen LogP contribution in [0.25, 0.3) is 0 Å². The number of carbonyl (C=O) groups is 3. The van der Waals surface area contributed by atoms with Crippen LogP contribution in [-0.4, -0.2) is 91.9 Å². The Morgan fingerprint density at radius 3 is 2.50 bits per heavy atom. The van der Waals surface area contributed by atoms with Gasteiger partial charge in [-0.15, -0.1) is 0 Å². The van der Waals surface area contributed by atoms with E-state index in [2.05, 4.69) is 50.0 Å². The van der Waals surface area contributed by atoms with Crippen LogP contribution in [0.15, 0.2) is 42.6 Å². The first-order valence-electron chi connectivity index (χ1n) is 13.3. The lowest BCUT2D eigenvalue weighted by molar-refractivity contribution is -0.131. The molecule has 0 bridgehead atoms. The Balaban J connectivity index is 1.89. The van der Waals surface area contributed by atoms with Gasteiger partial charge in [0.25, 0.3) is 5.91 Å². The Morgan fingerprint density at radius 2 is 1.82 bits per heavy atom. The number of benzene rings is 1. The van der Waals surface area contributed by atoms with Gasteiger partial charge in [-0.2, -0.15) is 4.98 Å². The molecule has 1 heterocycles. The van der Waals surface area contributed by atoms with Crippen LogP contribution in [-0.2, 0) is 9.59 Å². The Bertz CT molecular complexity index is 1220. The second kappa shape index (κ2) is 17.2. The van der Waals surface area contributed by atoms with Crippen molar-refractivity contribution in [1.82, 2.24) is 30.4 Å². The minimum atomic E-state index is -0.221. The van der Waals surface area contributed by atoms with Gasteiger partial charge >= 0.3 is 0 Å². The fourth-order valence-electron chi connectivity index (χ4n) is 3.31. The molecular weight excluding hydrogens is 508 g/mol. The van der Waals surface area contributed by atoms with Gasteiger partial charge in [-0.3, -0.25) is 14.4 Å². The van der Waals surface area contributed by atoms with Crippen molar-refractivity contribution in [2.24, 2.45) is 0 Å². The SMILES string of the molecule is CCCNc1nc(Nc2ccc(C(=O)N(C)C)cc2)ncc1C#CCCCNC(=O)CN(C)C(=O)/C=C/CNC. The molecule has 0 aliphatic rings. The third-order valence-electron chi connectivity index (χ3n) is 5.49. The molecule has 0 atom stereocenters. The van der Waals surface area contributed by atoms with Crippen molar-refractivity contribution in [3.05, 3.63) is 53.7 Å². The molecule has 40 heavy (non-hydrogen) atoms. The van der Waals surface area contributed by atoms with Crippen LogP contribution in [0.3, 0.4) is 0 Å². The average Bonchev–Trinajstić information content (AvgIpc) is 2.94. The summed E-state index contributed by atoms with van der Waals surface area (Å²) in [5, 5.41) is 12.2. The first-order chi connectivity index (χ1) is 19.2. The number of aromatic nitrogens is 2. The summed E-state index contributed by atoms with van der Waals surface area (Å²) in [6.07, 6.45) is 7.00. The van der Waals surface area contributed by atoms with Crippen molar-refractivity contribution >= 4 is 35.2 Å². The molecular formula is C29H40N8O3. The van der Waals surface area contributed by atoms with Crippen LogP contribution < -0.4 is 21.3 Å². The lowest BCUT2D eigenvalue weighted by atomic mass is 10.2. The van der Waals surface area contributed by atoms with Crippen LogP contribution in [0.4, 0.5) is 17.5 Å². The van der Waals surface area contributed by atoms with E-state index in [1.165, 1.54) is 15.9 Å². The molecule has 1 aromatic carbocycles. The maximum atomic E-state index is 12.1. The monoisotopic (exact) mass is 548 g/mol. The number of likely N-dealkylation sites (N-methyl/N-ethyl adjacent to an activating group) is 2. The molecule has 0 saturated carbocycles. The van der Waals surface area contributed by atoms with Crippen LogP contribution in [0.5, 0.6) is 0 Å². The largest absolute Gasteiger partial charge is 0.369 e. The van der Waals surface area contributed by atoms with Gasteiger partial charge in [-0.25, -0.2) is 4.98 Å². The third-order valence-corrected chi connectivity index (χ3v) is 5.49. The minimum Gasteiger partial charge on any atom is -0.369 e. The highest BCUT2D eigenvalue weighted by Gasteiger charge is 2.10. The molecule has 3 amide bonds. The highest BCUT2D eigenvalue weighted by atomic mass is 16.2. The summed E-state index contributed by atoms with van der Waals surface area (Å²) in [4.78, 5) is 48.0. The lowest BCUT2D eigenvalue weighted by Gasteiger charge is -2.14. The maximum absolute atomic E-state index is 12.1. The molecule has 0 radical (unpaired) electrons. The summed E-state index contributed by atoms with van der Waals surface area (Å²) < 4.78 is 0. The lowest BCUT2D eigenvalue weighted by Crippen LogP contribution is -2.38. The molecule has 0 aliphatic carbocycles. The van der Waals surface area contributed by atoms with Crippen LogP contribution in [0.2, 0.25) is 0 Å². The smallest absolute Gasteiger partial charge is 0.253 e. The molecule has 0 fully saturated rings. The Labute approximate surface area is 236 Å². The Morgan fingerprint density at radius 1 is 1.07 bits per heavy atom. The first kappa shape index (κ1) is 31.8. The number of amides is 3. The standard InChI is InChI=1S/C29H40N8O3/c1-6-17-32-27-23(11-8-7-9-19-31-25(38)21-37(5)26(39)12-10-18-30-2)20-33-29(35-27)34-24-15-13-22(14-16-24)28(40)36(3)4/h10,12-16,20,30H,6-7,9,17-19,21H2,1-5H3,(H,31,38)(H2,32,33,34,35)/b12-10+. The molecule has 0 spiro atoms. The van der Waals surface area contributed by atoms with Crippen molar-refractivity contribution in [2.45, 2.75) is 26.2 Å². The molecule has 4 N–H and O–H groups in total. The maximum Gasteiger partial charge on any atom is 0.253 e. The van der Waals surface area contributed by atoms with E-state index in [1.54, 1.807) is 52.6 Å². The van der Waals surface area contributed by atoms with Crippen LogP contribution in [0.1, 0.15) is 42.1 Å². The minimum absolute atomic E-state index is 0.00304. The van der Waals surface area contributed by atoms with Gasteiger partial charge in [0.15, 0.2) is 0 Å². The van der Waals surface area contributed by atoms with E-state index in [-0.39, 0.29) is 24.3 Å². The second-order valence-electron chi connectivity index (χ2n) is 9.19. The zero-order valence-corrected chi connectivity index (χ0v) is 24.0. The van der Waals surface area contributed by atoms with Crippen molar-refractivity contribution in [2.75, 3.05) is 65.0 Å². The number of nitrogens with zero attached hydrogens (tertiary/aromatic N) is 4. The van der Waals surface area contributed by atoms with Gasteiger partial charge in [0.2, 0.25) is 17.8 Å². The highest BCUT2D eigenvalue weighted by molar-refractivity contribution is 5.94. The summed E-state index contributed by atoms with van der Waals surface area (Å²) in [5.41, 5.74) is 2.04. The zero-order chi connectivity index (χ0) is 29.3. The van der Waals surface area contributed by atoms with Crippen molar-refractivity contribution in [1.29, 1.82) is 0 Å². The van der Waals surface area contributed by atoms with Crippen LogP contribution in [0, 0.1) is 11.8 Å². The summed E-state index contributed by atoms with van der Waals surface area (Å²) >= 11 is 0. The number of anilines is 3. The summed E-state index contributed by atoms with van der Waals surface area (Å²) in [5.74, 6) is 6.79. The number of hydrogen-bond donors (Lipinski definition) is 4. The van der Waals surface area contributed by atoms with Gasteiger partial charge in [-0.1, -0.05) is 24.8 Å². The van der Waals surface area contributed by atoms with Crippen molar-refractivity contribution in [3.8, 4) is 11.8 Å². The first-order valence-corrected chi connectivity index (χ1v) is 13.3. The predicted molar refractivity (Wildman–Crippen MR) is 158 cm³/mol. The number of hydrogen-bond acceptors (Lipinski definition) is 8. The second-order valence-corrected chi connectivity index (χ2v) is 9.19. The number of carbonyl (C=O) groups excluding carboxylic acids is 3. The summed E-state index contributed by atoms with van der Waals surface area (Å²) in [6, 6.07) is 7.13. The topological polar surface area (TPSA) is 132 Å². The average molecular weight is 549 g/mol. The van der Waals surface area contributed by atoms with E-state index in [9.17, 15) is 14.4 Å². The van der Waals surface area contributed by atoms with Gasteiger partial charge in [0.1, 0.15) is 5.82 Å². The fraction of sp³-hybridized carbons (Fsp3) is 0.414. The van der Waals surface area contributed by atoms with E-state index in [0.29, 0.717) is 48.8 Å². The molecule has 0 aliphatic heterocycles. The van der Waals surface area contributed by atoms with Crippen molar-refractivity contribution < 1.29 is 14.4 Å². The quantitative estimate of drug-likeness (QED) is 0.161. The molecule has 11 heteroatoms. The highest BCUT2D eigenvalue weighted by Crippen LogP contribution is 2.18. The van der Waals surface area contributed by atoms with E-state index in [0.717, 1.165) is 18.7 Å². The van der Waals surface area contributed by atoms with E-state index < -0.39 is 0 Å². The normalized spacial score (nSPS) is 10.4. The van der Waals surface area contributed by atoms with Gasteiger partial charge in [0.05, 0.1) is 18.3 Å².